The van der Waals surface area contributed by atoms with E-state index in [9.17, 15) is 9.59 Å². The lowest BCUT2D eigenvalue weighted by Crippen LogP contribution is -2.46. The van der Waals surface area contributed by atoms with Gasteiger partial charge in [-0.2, -0.15) is 0 Å². The highest BCUT2D eigenvalue weighted by atomic mass is 16.5. The summed E-state index contributed by atoms with van der Waals surface area (Å²) in [5.74, 6) is -0.768. The van der Waals surface area contributed by atoms with Crippen LogP contribution in [-0.2, 0) is 20.7 Å². The quantitative estimate of drug-likeness (QED) is 0.682. The van der Waals surface area contributed by atoms with Crippen LogP contribution < -0.4 is 5.32 Å². The minimum atomic E-state index is -0.831. The van der Waals surface area contributed by atoms with Crippen LogP contribution in [0.1, 0.15) is 50.5 Å². The lowest BCUT2D eigenvalue weighted by atomic mass is 9.81. The Hall–Kier alpha value is -1.88. The van der Waals surface area contributed by atoms with Crippen molar-refractivity contribution in [1.82, 2.24) is 5.32 Å². The van der Waals surface area contributed by atoms with E-state index in [-0.39, 0.29) is 23.8 Å². The summed E-state index contributed by atoms with van der Waals surface area (Å²) < 4.78 is 5.20. The van der Waals surface area contributed by atoms with E-state index in [1.807, 2.05) is 30.3 Å². The average Bonchev–Trinajstić information content (AvgIpc) is 3.09. The van der Waals surface area contributed by atoms with E-state index in [0.717, 1.165) is 37.7 Å². The number of carboxylic acid groups (broad SMARTS) is 1. The average molecular weight is 347 g/mol. The molecule has 0 heterocycles. The van der Waals surface area contributed by atoms with Gasteiger partial charge in [-0.05, 0) is 37.7 Å². The van der Waals surface area contributed by atoms with Gasteiger partial charge in [-0.15, -0.1) is 0 Å². The van der Waals surface area contributed by atoms with Crippen LogP contribution in [0.5, 0.6) is 0 Å². The van der Waals surface area contributed by atoms with E-state index in [0.29, 0.717) is 19.4 Å². The van der Waals surface area contributed by atoms with Gasteiger partial charge in [-0.1, -0.05) is 43.2 Å². The molecular formula is C20H29NO4. The molecule has 138 valence electrons. The van der Waals surface area contributed by atoms with E-state index >= 15 is 0 Å². The third-order valence-corrected chi connectivity index (χ3v) is 5.19. The Balaban J connectivity index is 2.05. The van der Waals surface area contributed by atoms with Gasteiger partial charge in [0.1, 0.15) is 0 Å². The fraction of sp³-hybridized carbons (Fsp3) is 0.600. The Morgan fingerprint density at radius 1 is 1.24 bits per heavy atom. The smallest absolute Gasteiger partial charge is 0.303 e. The Morgan fingerprint density at radius 3 is 2.52 bits per heavy atom. The first-order valence-electron chi connectivity index (χ1n) is 9.11. The minimum Gasteiger partial charge on any atom is -0.481 e. The number of amides is 1. The molecule has 2 rings (SSSR count). The number of carboxylic acids is 1. The van der Waals surface area contributed by atoms with Crippen molar-refractivity contribution in [2.75, 3.05) is 13.7 Å². The molecule has 0 radical (unpaired) electrons. The van der Waals surface area contributed by atoms with Crippen LogP contribution in [0.3, 0.4) is 0 Å². The van der Waals surface area contributed by atoms with Gasteiger partial charge >= 0.3 is 5.97 Å². The summed E-state index contributed by atoms with van der Waals surface area (Å²) in [6.45, 7) is 0.575. The number of methoxy groups -OCH3 is 1. The van der Waals surface area contributed by atoms with E-state index in [1.165, 1.54) is 0 Å². The molecule has 0 bridgehead atoms. The van der Waals surface area contributed by atoms with E-state index in [2.05, 4.69) is 5.32 Å². The zero-order chi connectivity index (χ0) is 18.1. The van der Waals surface area contributed by atoms with Gasteiger partial charge in [0.2, 0.25) is 5.91 Å². The molecule has 25 heavy (non-hydrogen) atoms. The van der Waals surface area contributed by atoms with Gasteiger partial charge in [0, 0.05) is 26.2 Å². The minimum absolute atomic E-state index is 0.0584. The maximum absolute atomic E-state index is 13.0. The van der Waals surface area contributed by atoms with Crippen molar-refractivity contribution in [3.63, 3.8) is 0 Å². The molecule has 0 saturated heterocycles. The predicted molar refractivity (Wildman–Crippen MR) is 96.3 cm³/mol. The fourth-order valence-corrected chi connectivity index (χ4v) is 3.70. The predicted octanol–water partition coefficient (Wildman–Crippen LogP) is 3.18. The van der Waals surface area contributed by atoms with Crippen LogP contribution in [0.2, 0.25) is 0 Å². The maximum atomic E-state index is 13.0. The first-order chi connectivity index (χ1) is 12.1. The molecule has 5 heteroatoms. The largest absolute Gasteiger partial charge is 0.481 e. The summed E-state index contributed by atoms with van der Waals surface area (Å²) in [7, 11) is 1.66. The molecule has 2 N–H and O–H groups in total. The third-order valence-electron chi connectivity index (χ3n) is 5.19. The number of ether oxygens (including phenoxy) is 1. The second-order valence-corrected chi connectivity index (χ2v) is 7.02. The van der Waals surface area contributed by atoms with Crippen LogP contribution in [0.4, 0.5) is 0 Å². The topological polar surface area (TPSA) is 75.6 Å². The van der Waals surface area contributed by atoms with Crippen molar-refractivity contribution >= 4 is 11.9 Å². The van der Waals surface area contributed by atoms with E-state index in [1.54, 1.807) is 7.11 Å². The summed E-state index contributed by atoms with van der Waals surface area (Å²) in [5, 5.41) is 12.2. The van der Waals surface area contributed by atoms with Crippen molar-refractivity contribution in [3.8, 4) is 0 Å². The number of aliphatic carboxylic acids is 1. The molecule has 1 aliphatic rings. The number of carbonyl (C=O) groups excluding carboxylic acids is 1. The van der Waals surface area contributed by atoms with E-state index < -0.39 is 5.97 Å². The molecule has 1 aromatic carbocycles. The normalized spacial score (nSPS) is 17.2. The first-order valence-corrected chi connectivity index (χ1v) is 9.11. The van der Waals surface area contributed by atoms with Gasteiger partial charge < -0.3 is 15.2 Å². The standard InChI is InChI=1S/C20H29NO4/c1-25-14-13-20(11-5-6-12-20)19(24)21-17(9-10-18(22)23)15-16-7-3-2-4-8-16/h2-4,7-8,17H,5-6,9-15H2,1H3,(H,21,24)(H,22,23). The second-order valence-electron chi connectivity index (χ2n) is 7.02. The Bertz CT molecular complexity index is 552. The molecule has 1 aromatic rings. The van der Waals surface area contributed by atoms with Gasteiger partial charge in [-0.25, -0.2) is 0 Å². The van der Waals surface area contributed by atoms with Crippen LogP contribution in [-0.4, -0.2) is 36.7 Å². The van der Waals surface area contributed by atoms with Gasteiger partial charge in [-0.3, -0.25) is 9.59 Å². The number of rotatable bonds is 10. The molecule has 0 spiro atoms. The number of benzene rings is 1. The molecule has 0 aromatic heterocycles. The number of carbonyl (C=O) groups is 2. The number of hydrogen-bond donors (Lipinski definition) is 2. The zero-order valence-electron chi connectivity index (χ0n) is 15.0. The summed E-state index contributed by atoms with van der Waals surface area (Å²) in [4.78, 5) is 24.0. The lowest BCUT2D eigenvalue weighted by Gasteiger charge is -2.30. The SMILES string of the molecule is COCCC1(C(=O)NC(CCC(=O)O)Cc2ccccc2)CCCC1. The van der Waals surface area contributed by atoms with Crippen molar-refractivity contribution in [1.29, 1.82) is 0 Å². The highest BCUT2D eigenvalue weighted by Crippen LogP contribution is 2.41. The molecule has 1 aliphatic carbocycles. The van der Waals surface area contributed by atoms with Crippen molar-refractivity contribution < 1.29 is 19.4 Å². The monoisotopic (exact) mass is 347 g/mol. The molecule has 1 fully saturated rings. The zero-order valence-corrected chi connectivity index (χ0v) is 15.0. The highest BCUT2D eigenvalue weighted by molar-refractivity contribution is 5.83. The van der Waals surface area contributed by atoms with Crippen molar-refractivity contribution in [3.05, 3.63) is 35.9 Å². The van der Waals surface area contributed by atoms with Crippen molar-refractivity contribution in [2.45, 2.75) is 57.4 Å². The van der Waals surface area contributed by atoms with Crippen LogP contribution in [0, 0.1) is 5.41 Å². The Kier molecular flexibility index (Phi) is 7.44. The van der Waals surface area contributed by atoms with Gasteiger partial charge in [0.25, 0.3) is 0 Å². The number of nitrogens with one attached hydrogen (secondary N) is 1. The molecule has 1 atom stereocenters. The molecule has 1 unspecified atom stereocenters. The second kappa shape index (κ2) is 9.56. The van der Waals surface area contributed by atoms with Crippen LogP contribution in [0.15, 0.2) is 30.3 Å². The van der Waals surface area contributed by atoms with Gasteiger partial charge in [0.05, 0.1) is 5.41 Å². The maximum Gasteiger partial charge on any atom is 0.303 e. The molecule has 5 nitrogen and oxygen atoms in total. The third kappa shape index (κ3) is 5.85. The van der Waals surface area contributed by atoms with Crippen LogP contribution >= 0.6 is 0 Å². The summed E-state index contributed by atoms with van der Waals surface area (Å²) in [6.07, 6.45) is 5.79. The summed E-state index contributed by atoms with van der Waals surface area (Å²) in [6, 6.07) is 9.73. The molecule has 1 saturated carbocycles. The van der Waals surface area contributed by atoms with Gasteiger partial charge in [0.15, 0.2) is 0 Å². The molecule has 0 aliphatic heterocycles. The summed E-state index contributed by atoms with van der Waals surface area (Å²) >= 11 is 0. The Morgan fingerprint density at radius 2 is 1.92 bits per heavy atom. The number of hydrogen-bond acceptors (Lipinski definition) is 3. The van der Waals surface area contributed by atoms with E-state index in [4.69, 9.17) is 9.84 Å². The Labute approximate surface area is 149 Å². The first kappa shape index (κ1) is 19.4. The van der Waals surface area contributed by atoms with Crippen LogP contribution in [0.25, 0.3) is 0 Å². The fourth-order valence-electron chi connectivity index (χ4n) is 3.70. The molecule has 1 amide bonds. The molecular weight excluding hydrogens is 318 g/mol. The highest BCUT2D eigenvalue weighted by Gasteiger charge is 2.41. The summed E-state index contributed by atoms with van der Waals surface area (Å²) in [5.41, 5.74) is 0.754. The lowest BCUT2D eigenvalue weighted by molar-refractivity contribution is -0.138. The van der Waals surface area contributed by atoms with Crippen molar-refractivity contribution in [2.24, 2.45) is 5.41 Å².